The van der Waals surface area contributed by atoms with Crippen molar-refractivity contribution in [3.8, 4) is 0 Å². The van der Waals surface area contributed by atoms with Crippen LogP contribution in [0, 0.1) is 0 Å². The van der Waals surface area contributed by atoms with Gasteiger partial charge in [0, 0.05) is 11.5 Å². The summed E-state index contributed by atoms with van der Waals surface area (Å²) in [6, 6.07) is 3.23. The van der Waals surface area contributed by atoms with Crippen molar-refractivity contribution in [3.05, 3.63) is 41.3 Å². The van der Waals surface area contributed by atoms with Crippen molar-refractivity contribution in [3.63, 3.8) is 0 Å². The predicted octanol–water partition coefficient (Wildman–Crippen LogP) is 2.17. The predicted molar refractivity (Wildman–Crippen MR) is 59.8 cm³/mol. The lowest BCUT2D eigenvalue weighted by Crippen LogP contribution is -2.07. The van der Waals surface area contributed by atoms with Gasteiger partial charge in [0.2, 0.25) is 0 Å². The molecule has 0 aromatic heterocycles. The SMILES string of the molecule is COC(=O)/C=C/S(=O)(=O)c1cccc(C(F)(F)F)c1. The Morgan fingerprint density at radius 3 is 2.47 bits per heavy atom. The summed E-state index contributed by atoms with van der Waals surface area (Å²) in [5.41, 5.74) is -1.08. The molecule has 0 spiro atoms. The molecule has 1 aromatic rings. The lowest BCUT2D eigenvalue weighted by Gasteiger charge is -2.07. The van der Waals surface area contributed by atoms with Crippen LogP contribution in [0.15, 0.2) is 40.6 Å². The normalized spacial score (nSPS) is 12.6. The number of methoxy groups -OCH3 is 1. The largest absolute Gasteiger partial charge is 0.466 e. The molecule has 0 fully saturated rings. The highest BCUT2D eigenvalue weighted by Gasteiger charge is 2.31. The monoisotopic (exact) mass is 294 g/mol. The van der Waals surface area contributed by atoms with Crippen LogP contribution in [0.1, 0.15) is 5.56 Å². The van der Waals surface area contributed by atoms with Gasteiger partial charge in [-0.3, -0.25) is 0 Å². The maximum Gasteiger partial charge on any atom is 0.416 e. The maximum absolute atomic E-state index is 12.4. The van der Waals surface area contributed by atoms with Crippen LogP contribution in [0.2, 0.25) is 0 Å². The number of halogens is 3. The molecule has 0 saturated carbocycles. The van der Waals surface area contributed by atoms with E-state index in [1.54, 1.807) is 0 Å². The molecular weight excluding hydrogens is 285 g/mol. The van der Waals surface area contributed by atoms with E-state index in [2.05, 4.69) is 4.74 Å². The summed E-state index contributed by atoms with van der Waals surface area (Å²) in [6.07, 6.45) is -4.02. The van der Waals surface area contributed by atoms with Crippen LogP contribution < -0.4 is 0 Å². The summed E-state index contributed by atoms with van der Waals surface area (Å²) >= 11 is 0. The molecule has 0 amide bonds. The average molecular weight is 294 g/mol. The Balaban J connectivity index is 3.16. The quantitative estimate of drug-likeness (QED) is 0.633. The highest BCUT2D eigenvalue weighted by Crippen LogP contribution is 2.30. The number of benzene rings is 1. The van der Waals surface area contributed by atoms with Crippen LogP contribution >= 0.6 is 0 Å². The van der Waals surface area contributed by atoms with E-state index in [1.165, 1.54) is 0 Å². The van der Waals surface area contributed by atoms with Gasteiger partial charge in [0.15, 0.2) is 9.84 Å². The molecule has 0 unspecified atom stereocenters. The Morgan fingerprint density at radius 2 is 1.95 bits per heavy atom. The van der Waals surface area contributed by atoms with E-state index >= 15 is 0 Å². The minimum absolute atomic E-state index is 0.494. The molecule has 8 heteroatoms. The Labute approximate surface area is 107 Å². The first kappa shape index (κ1) is 15.2. The molecule has 0 bridgehead atoms. The molecule has 0 aliphatic rings. The zero-order valence-corrected chi connectivity index (χ0v) is 10.5. The lowest BCUT2D eigenvalue weighted by atomic mass is 10.2. The first-order valence-corrected chi connectivity index (χ1v) is 6.40. The number of sulfone groups is 1. The topological polar surface area (TPSA) is 60.4 Å². The average Bonchev–Trinajstić information content (AvgIpc) is 2.35. The zero-order chi connectivity index (χ0) is 14.7. The summed E-state index contributed by atoms with van der Waals surface area (Å²) < 4.78 is 64.8. The Bertz CT molecular complexity index is 603. The fourth-order valence-electron chi connectivity index (χ4n) is 1.14. The molecule has 0 heterocycles. The van der Waals surface area contributed by atoms with Crippen molar-refractivity contribution in [2.24, 2.45) is 0 Å². The minimum atomic E-state index is -4.64. The fraction of sp³-hybridized carbons (Fsp3) is 0.182. The van der Waals surface area contributed by atoms with Gasteiger partial charge in [-0.25, -0.2) is 13.2 Å². The third-order valence-corrected chi connectivity index (χ3v) is 3.48. The number of rotatable bonds is 3. The number of esters is 1. The van der Waals surface area contributed by atoms with Gasteiger partial charge in [-0.15, -0.1) is 0 Å². The molecule has 0 radical (unpaired) electrons. The second-order valence-corrected chi connectivity index (χ2v) is 5.23. The molecular formula is C11H9F3O4S. The fourth-order valence-corrected chi connectivity index (χ4v) is 2.15. The molecule has 0 atom stereocenters. The molecule has 1 rings (SSSR count). The summed E-state index contributed by atoms with van der Waals surface area (Å²) in [5, 5.41) is 0.494. The van der Waals surface area contributed by atoms with Crippen molar-refractivity contribution >= 4 is 15.8 Å². The van der Waals surface area contributed by atoms with Gasteiger partial charge in [-0.2, -0.15) is 13.2 Å². The van der Waals surface area contributed by atoms with Gasteiger partial charge in [0.25, 0.3) is 0 Å². The smallest absolute Gasteiger partial charge is 0.416 e. The highest BCUT2D eigenvalue weighted by molar-refractivity contribution is 7.94. The van der Waals surface area contributed by atoms with Crippen molar-refractivity contribution in [2.75, 3.05) is 7.11 Å². The first-order valence-electron chi connectivity index (χ1n) is 4.85. The van der Waals surface area contributed by atoms with E-state index in [9.17, 15) is 26.4 Å². The zero-order valence-electron chi connectivity index (χ0n) is 9.64. The number of alkyl halides is 3. The molecule has 1 aromatic carbocycles. The third kappa shape index (κ3) is 4.09. The maximum atomic E-state index is 12.4. The second kappa shape index (κ2) is 5.43. The summed E-state index contributed by atoms with van der Waals surface area (Å²) in [4.78, 5) is 10.2. The van der Waals surface area contributed by atoms with Gasteiger partial charge >= 0.3 is 12.1 Å². The summed E-state index contributed by atoms with van der Waals surface area (Å²) in [5.74, 6) is -0.921. The molecule has 0 aliphatic carbocycles. The minimum Gasteiger partial charge on any atom is -0.466 e. The molecule has 0 aliphatic heterocycles. The van der Waals surface area contributed by atoms with Crippen LogP contribution in [0.25, 0.3) is 0 Å². The number of carbonyl (C=O) groups is 1. The van der Waals surface area contributed by atoms with Crippen molar-refractivity contribution < 1.29 is 31.1 Å². The van der Waals surface area contributed by atoms with Crippen molar-refractivity contribution in [1.29, 1.82) is 0 Å². The number of hydrogen-bond donors (Lipinski definition) is 0. The second-order valence-electron chi connectivity index (χ2n) is 3.40. The molecule has 104 valence electrons. The molecule has 0 saturated heterocycles. The van der Waals surface area contributed by atoms with E-state index in [4.69, 9.17) is 0 Å². The molecule has 19 heavy (non-hydrogen) atoms. The highest BCUT2D eigenvalue weighted by atomic mass is 32.2. The van der Waals surface area contributed by atoms with E-state index in [1.807, 2.05) is 0 Å². The first-order chi connectivity index (χ1) is 8.66. The number of ether oxygens (including phenoxy) is 1. The standard InChI is InChI=1S/C11H9F3O4S/c1-18-10(15)5-6-19(16,17)9-4-2-3-8(7-9)11(12,13)14/h2-7H,1H3/b6-5+. The molecule has 4 nitrogen and oxygen atoms in total. The van der Waals surface area contributed by atoms with E-state index < -0.39 is 32.4 Å². The number of hydrogen-bond acceptors (Lipinski definition) is 4. The Morgan fingerprint density at radius 1 is 1.32 bits per heavy atom. The summed E-state index contributed by atoms with van der Waals surface area (Å²) in [6.45, 7) is 0. The van der Waals surface area contributed by atoms with Gasteiger partial charge < -0.3 is 4.74 Å². The third-order valence-electron chi connectivity index (χ3n) is 2.07. The van der Waals surface area contributed by atoms with Crippen LogP contribution in [0.5, 0.6) is 0 Å². The van der Waals surface area contributed by atoms with Crippen LogP contribution in [-0.2, 0) is 25.5 Å². The van der Waals surface area contributed by atoms with Crippen LogP contribution in [0.4, 0.5) is 13.2 Å². The number of carbonyl (C=O) groups excluding carboxylic acids is 1. The van der Waals surface area contributed by atoms with Crippen molar-refractivity contribution in [1.82, 2.24) is 0 Å². The van der Waals surface area contributed by atoms with Gasteiger partial charge in [0.1, 0.15) is 0 Å². The van der Waals surface area contributed by atoms with E-state index in [0.29, 0.717) is 17.6 Å². The van der Waals surface area contributed by atoms with E-state index in [0.717, 1.165) is 25.3 Å². The van der Waals surface area contributed by atoms with E-state index in [-0.39, 0.29) is 0 Å². The Kier molecular flexibility index (Phi) is 4.35. The molecule has 0 N–H and O–H groups in total. The van der Waals surface area contributed by atoms with Gasteiger partial charge in [-0.1, -0.05) is 6.07 Å². The van der Waals surface area contributed by atoms with Gasteiger partial charge in [-0.05, 0) is 18.2 Å². The lowest BCUT2D eigenvalue weighted by molar-refractivity contribution is -0.138. The summed E-state index contributed by atoms with van der Waals surface area (Å²) in [7, 11) is -3.08. The van der Waals surface area contributed by atoms with Crippen LogP contribution in [0.3, 0.4) is 0 Å². The van der Waals surface area contributed by atoms with Gasteiger partial charge in [0.05, 0.1) is 17.6 Å². The Hall–Kier alpha value is -1.83. The van der Waals surface area contributed by atoms with Crippen LogP contribution in [-0.4, -0.2) is 21.5 Å². The van der Waals surface area contributed by atoms with Crippen molar-refractivity contribution in [2.45, 2.75) is 11.1 Å².